The maximum absolute atomic E-state index is 5.39. The molecule has 0 atom stereocenters. The van der Waals surface area contributed by atoms with Crippen molar-refractivity contribution in [2.75, 3.05) is 21.3 Å². The number of benzene rings is 1. The largest absolute Gasteiger partial charge is 0.497 e. The Kier molecular flexibility index (Phi) is 4.06. The van der Waals surface area contributed by atoms with Crippen molar-refractivity contribution < 1.29 is 9.47 Å². The maximum atomic E-state index is 5.39. The molecule has 2 aromatic rings. The molecule has 0 aliphatic rings. The SMILES string of the molecule is CNCc1cnn(-c2cc(OC)ccc2OC)c1C. The van der Waals surface area contributed by atoms with Gasteiger partial charge in [-0.25, -0.2) is 4.68 Å². The Bertz CT molecular complexity index is 564. The fraction of sp³-hybridized carbons (Fsp3) is 0.357. The van der Waals surface area contributed by atoms with Crippen LogP contribution in [0.2, 0.25) is 0 Å². The van der Waals surface area contributed by atoms with Crippen molar-refractivity contribution in [3.05, 3.63) is 35.7 Å². The second-order valence-electron chi connectivity index (χ2n) is 4.24. The first-order chi connectivity index (χ1) is 9.21. The Morgan fingerprint density at radius 1 is 1.26 bits per heavy atom. The summed E-state index contributed by atoms with van der Waals surface area (Å²) < 4.78 is 12.5. The number of hydrogen-bond acceptors (Lipinski definition) is 4. The first kappa shape index (κ1) is 13.4. The third-order valence-corrected chi connectivity index (χ3v) is 3.09. The van der Waals surface area contributed by atoms with Crippen LogP contribution in [0, 0.1) is 6.92 Å². The van der Waals surface area contributed by atoms with E-state index in [0.717, 1.165) is 35.0 Å². The van der Waals surface area contributed by atoms with Crippen molar-refractivity contribution in [1.29, 1.82) is 0 Å². The molecule has 5 nitrogen and oxygen atoms in total. The van der Waals surface area contributed by atoms with E-state index < -0.39 is 0 Å². The van der Waals surface area contributed by atoms with Gasteiger partial charge in [0.05, 0.1) is 20.4 Å². The molecule has 0 fully saturated rings. The van der Waals surface area contributed by atoms with E-state index in [9.17, 15) is 0 Å². The predicted molar refractivity (Wildman–Crippen MR) is 74.2 cm³/mol. The second-order valence-corrected chi connectivity index (χ2v) is 4.24. The number of nitrogens with zero attached hydrogens (tertiary/aromatic N) is 2. The highest BCUT2D eigenvalue weighted by Gasteiger charge is 2.12. The van der Waals surface area contributed by atoms with Crippen LogP contribution >= 0.6 is 0 Å². The molecule has 1 heterocycles. The van der Waals surface area contributed by atoms with Gasteiger partial charge in [0, 0.05) is 23.9 Å². The minimum absolute atomic E-state index is 0.767. The number of rotatable bonds is 5. The smallest absolute Gasteiger partial charge is 0.144 e. The van der Waals surface area contributed by atoms with E-state index in [1.54, 1.807) is 14.2 Å². The topological polar surface area (TPSA) is 48.3 Å². The van der Waals surface area contributed by atoms with Crippen molar-refractivity contribution in [3.63, 3.8) is 0 Å². The van der Waals surface area contributed by atoms with Gasteiger partial charge in [-0.2, -0.15) is 5.10 Å². The average Bonchev–Trinajstić information content (AvgIpc) is 2.80. The summed E-state index contributed by atoms with van der Waals surface area (Å²) in [5, 5.41) is 7.56. The van der Waals surface area contributed by atoms with E-state index in [1.807, 2.05) is 43.0 Å². The van der Waals surface area contributed by atoms with Gasteiger partial charge in [0.25, 0.3) is 0 Å². The summed E-state index contributed by atoms with van der Waals surface area (Å²) in [5.74, 6) is 1.55. The van der Waals surface area contributed by atoms with E-state index in [0.29, 0.717) is 0 Å². The van der Waals surface area contributed by atoms with Gasteiger partial charge in [0.2, 0.25) is 0 Å². The summed E-state index contributed by atoms with van der Waals surface area (Å²) in [4.78, 5) is 0. The van der Waals surface area contributed by atoms with Crippen LogP contribution in [0.3, 0.4) is 0 Å². The predicted octanol–water partition coefficient (Wildman–Crippen LogP) is 1.92. The number of nitrogens with one attached hydrogen (secondary N) is 1. The molecular weight excluding hydrogens is 242 g/mol. The van der Waals surface area contributed by atoms with Crippen LogP contribution in [0.1, 0.15) is 11.3 Å². The molecular formula is C14H19N3O2. The molecule has 0 aliphatic carbocycles. The summed E-state index contributed by atoms with van der Waals surface area (Å²) >= 11 is 0. The number of aromatic nitrogens is 2. The molecule has 0 bridgehead atoms. The highest BCUT2D eigenvalue weighted by Crippen LogP contribution is 2.28. The number of ether oxygens (including phenoxy) is 2. The van der Waals surface area contributed by atoms with Gasteiger partial charge in [-0.15, -0.1) is 0 Å². The normalized spacial score (nSPS) is 10.5. The zero-order valence-corrected chi connectivity index (χ0v) is 11.7. The Morgan fingerprint density at radius 2 is 2.05 bits per heavy atom. The number of methoxy groups -OCH3 is 2. The molecule has 1 N–H and O–H groups in total. The third kappa shape index (κ3) is 2.56. The minimum atomic E-state index is 0.767. The monoisotopic (exact) mass is 261 g/mol. The second kappa shape index (κ2) is 5.75. The summed E-state index contributed by atoms with van der Waals surface area (Å²) in [6.07, 6.45) is 1.87. The summed E-state index contributed by atoms with van der Waals surface area (Å²) in [6.45, 7) is 2.83. The zero-order chi connectivity index (χ0) is 13.8. The number of hydrogen-bond donors (Lipinski definition) is 1. The molecule has 1 aromatic carbocycles. The van der Waals surface area contributed by atoms with Crippen LogP contribution in [0.25, 0.3) is 5.69 Å². The molecule has 2 rings (SSSR count). The quantitative estimate of drug-likeness (QED) is 0.893. The highest BCUT2D eigenvalue weighted by atomic mass is 16.5. The standard InChI is InChI=1S/C14H19N3O2/c1-10-11(8-15-2)9-16-17(10)13-7-12(18-3)5-6-14(13)19-4/h5-7,9,15H,8H2,1-4H3. The van der Waals surface area contributed by atoms with Gasteiger partial charge in [-0.05, 0) is 26.1 Å². The van der Waals surface area contributed by atoms with E-state index in [-0.39, 0.29) is 0 Å². The Balaban J connectivity index is 2.50. The van der Waals surface area contributed by atoms with Crippen molar-refractivity contribution in [1.82, 2.24) is 15.1 Å². The lowest BCUT2D eigenvalue weighted by Crippen LogP contribution is -2.07. The van der Waals surface area contributed by atoms with Crippen LogP contribution in [0.15, 0.2) is 24.4 Å². The van der Waals surface area contributed by atoms with Gasteiger partial charge < -0.3 is 14.8 Å². The van der Waals surface area contributed by atoms with Crippen LogP contribution in [-0.2, 0) is 6.54 Å². The van der Waals surface area contributed by atoms with Gasteiger partial charge in [0.15, 0.2) is 0 Å². The van der Waals surface area contributed by atoms with Crippen LogP contribution < -0.4 is 14.8 Å². The van der Waals surface area contributed by atoms with Crippen molar-refractivity contribution >= 4 is 0 Å². The molecule has 0 unspecified atom stereocenters. The van der Waals surface area contributed by atoms with Crippen molar-refractivity contribution in [3.8, 4) is 17.2 Å². The zero-order valence-electron chi connectivity index (χ0n) is 11.7. The van der Waals surface area contributed by atoms with Crippen LogP contribution in [0.5, 0.6) is 11.5 Å². The molecule has 0 radical (unpaired) electrons. The van der Waals surface area contributed by atoms with Gasteiger partial charge in [-0.1, -0.05) is 0 Å². The maximum Gasteiger partial charge on any atom is 0.144 e. The van der Waals surface area contributed by atoms with E-state index in [1.165, 1.54) is 0 Å². The van der Waals surface area contributed by atoms with Crippen LogP contribution in [0.4, 0.5) is 0 Å². The van der Waals surface area contributed by atoms with Crippen molar-refractivity contribution in [2.45, 2.75) is 13.5 Å². The van der Waals surface area contributed by atoms with Crippen molar-refractivity contribution in [2.24, 2.45) is 0 Å². The molecule has 0 saturated heterocycles. The molecule has 102 valence electrons. The molecule has 0 spiro atoms. The van der Waals surface area contributed by atoms with E-state index in [4.69, 9.17) is 9.47 Å². The molecule has 5 heteroatoms. The van der Waals surface area contributed by atoms with E-state index in [2.05, 4.69) is 10.4 Å². The first-order valence-corrected chi connectivity index (χ1v) is 6.11. The van der Waals surface area contributed by atoms with E-state index >= 15 is 0 Å². The summed E-state index contributed by atoms with van der Waals surface area (Å²) in [5.41, 5.74) is 3.12. The molecule has 0 aliphatic heterocycles. The average molecular weight is 261 g/mol. The fourth-order valence-corrected chi connectivity index (χ4v) is 2.01. The molecule has 0 amide bonds. The fourth-order valence-electron chi connectivity index (χ4n) is 2.01. The molecule has 1 aromatic heterocycles. The molecule has 19 heavy (non-hydrogen) atoms. The molecule has 0 saturated carbocycles. The Hall–Kier alpha value is -2.01. The summed E-state index contributed by atoms with van der Waals surface area (Å²) in [7, 11) is 5.22. The Labute approximate surface area is 113 Å². The lowest BCUT2D eigenvalue weighted by atomic mass is 10.2. The van der Waals surface area contributed by atoms with Gasteiger partial charge in [0.1, 0.15) is 17.2 Å². The Morgan fingerprint density at radius 3 is 2.68 bits per heavy atom. The van der Waals surface area contributed by atoms with Crippen LogP contribution in [-0.4, -0.2) is 31.0 Å². The minimum Gasteiger partial charge on any atom is -0.497 e. The lowest BCUT2D eigenvalue weighted by molar-refractivity contribution is 0.400. The summed E-state index contributed by atoms with van der Waals surface area (Å²) in [6, 6.07) is 5.67. The first-order valence-electron chi connectivity index (χ1n) is 6.11. The lowest BCUT2D eigenvalue weighted by Gasteiger charge is -2.12. The van der Waals surface area contributed by atoms with Gasteiger partial charge >= 0.3 is 0 Å². The highest BCUT2D eigenvalue weighted by molar-refractivity contribution is 5.52. The van der Waals surface area contributed by atoms with Gasteiger partial charge in [-0.3, -0.25) is 0 Å². The third-order valence-electron chi connectivity index (χ3n) is 3.09.